The van der Waals surface area contributed by atoms with E-state index >= 15 is 0 Å². The number of carbonyl (C=O) groups excluding carboxylic acids is 1. The number of nitrogens with zero attached hydrogens (tertiary/aromatic N) is 2. The number of benzene rings is 3. The van der Waals surface area contributed by atoms with Crippen molar-refractivity contribution in [2.45, 2.75) is 58.3 Å². The van der Waals surface area contributed by atoms with Crippen molar-refractivity contribution in [1.82, 2.24) is 10.4 Å². The number of rotatable bonds is 18. The second kappa shape index (κ2) is 18.6. The first-order valence-electron chi connectivity index (χ1n) is 16.3. The molecule has 0 bridgehead atoms. The molecular formula is C37H49N3O5. The molecule has 0 aliphatic carbocycles. The topological polar surface area (TPSA) is 72.5 Å². The lowest BCUT2D eigenvalue weighted by Crippen LogP contribution is -2.53. The van der Waals surface area contributed by atoms with Crippen LogP contribution in [-0.2, 0) is 4.79 Å². The molecular weight excluding hydrogens is 566 g/mol. The first-order chi connectivity index (χ1) is 22.1. The maximum atomic E-state index is 12.7. The molecule has 0 saturated carbocycles. The first-order valence-corrected chi connectivity index (χ1v) is 16.3. The number of nitrogens with one attached hydrogen (secondary N) is 1. The van der Waals surface area contributed by atoms with Crippen molar-refractivity contribution in [3.8, 4) is 28.7 Å². The molecule has 1 amide bonds. The number of amides is 1. The third-order valence-electron chi connectivity index (χ3n) is 7.88. The van der Waals surface area contributed by atoms with Crippen molar-refractivity contribution < 1.29 is 23.7 Å². The Labute approximate surface area is 268 Å². The maximum absolute atomic E-state index is 12.7. The lowest BCUT2D eigenvalue weighted by molar-refractivity contribution is -0.121. The number of hydrogen-bond donors (Lipinski definition) is 1. The highest BCUT2D eigenvalue weighted by atomic mass is 16.5. The molecule has 1 saturated heterocycles. The molecule has 0 radical (unpaired) electrons. The molecule has 242 valence electrons. The Balaban J connectivity index is 1.21. The van der Waals surface area contributed by atoms with Gasteiger partial charge in [-0.15, -0.1) is 0 Å². The van der Waals surface area contributed by atoms with Crippen molar-refractivity contribution in [2.24, 2.45) is 0 Å². The third-order valence-corrected chi connectivity index (χ3v) is 7.88. The highest BCUT2D eigenvalue weighted by molar-refractivity contribution is 5.91. The molecule has 0 unspecified atom stereocenters. The van der Waals surface area contributed by atoms with Gasteiger partial charge in [0, 0.05) is 37.9 Å². The van der Waals surface area contributed by atoms with E-state index in [4.69, 9.17) is 18.9 Å². The zero-order valence-electron chi connectivity index (χ0n) is 27.1. The fourth-order valence-electron chi connectivity index (χ4n) is 5.34. The van der Waals surface area contributed by atoms with E-state index in [0.29, 0.717) is 36.9 Å². The quantitative estimate of drug-likeness (QED) is 0.115. The summed E-state index contributed by atoms with van der Waals surface area (Å²) in [5, 5.41) is 1.96. The first kappa shape index (κ1) is 33.7. The average Bonchev–Trinajstić information content (AvgIpc) is 3.07. The summed E-state index contributed by atoms with van der Waals surface area (Å²) in [5.41, 5.74) is 4.93. The van der Waals surface area contributed by atoms with Crippen molar-refractivity contribution in [2.75, 3.05) is 51.9 Å². The van der Waals surface area contributed by atoms with Crippen LogP contribution < -0.4 is 29.3 Å². The van der Waals surface area contributed by atoms with Gasteiger partial charge in [-0.2, -0.15) is 0 Å². The molecule has 1 aliphatic rings. The Bertz CT molecular complexity index is 1300. The second-order valence-corrected chi connectivity index (χ2v) is 11.3. The van der Waals surface area contributed by atoms with Crippen LogP contribution in [-0.4, -0.2) is 57.9 Å². The molecule has 1 N–H and O–H groups in total. The predicted molar refractivity (Wildman–Crippen MR) is 182 cm³/mol. The van der Waals surface area contributed by atoms with Gasteiger partial charge in [-0.05, 0) is 66.6 Å². The van der Waals surface area contributed by atoms with Gasteiger partial charge in [0.05, 0.1) is 20.8 Å². The predicted octanol–water partition coefficient (Wildman–Crippen LogP) is 7.88. The molecule has 8 nitrogen and oxygen atoms in total. The largest absolute Gasteiger partial charge is 0.493 e. The highest BCUT2D eigenvalue weighted by Crippen LogP contribution is 2.39. The van der Waals surface area contributed by atoms with Gasteiger partial charge in [-0.1, -0.05) is 70.1 Å². The lowest BCUT2D eigenvalue weighted by Gasteiger charge is -2.35. The van der Waals surface area contributed by atoms with E-state index in [1.807, 2.05) is 59.6 Å². The van der Waals surface area contributed by atoms with Gasteiger partial charge in [0.1, 0.15) is 11.5 Å². The summed E-state index contributed by atoms with van der Waals surface area (Å²) in [6.07, 6.45) is 13.2. The summed E-state index contributed by atoms with van der Waals surface area (Å²) in [7, 11) is 3.23. The summed E-state index contributed by atoms with van der Waals surface area (Å²) in [4.78, 5) is 15.1. The van der Waals surface area contributed by atoms with E-state index < -0.39 is 0 Å². The third kappa shape index (κ3) is 11.0. The monoisotopic (exact) mass is 615 g/mol. The Kier molecular flexibility index (Phi) is 13.9. The van der Waals surface area contributed by atoms with Gasteiger partial charge < -0.3 is 23.8 Å². The average molecular weight is 616 g/mol. The SMILES string of the molecule is CCCCCCCCCCOc1c(OC)cc(C=CC(=O)NN2CCN(c3ccc(Oc4ccccc4)cc3)CC2)cc1OC. The van der Waals surface area contributed by atoms with Crippen molar-refractivity contribution >= 4 is 17.7 Å². The van der Waals surface area contributed by atoms with Crippen LogP contribution >= 0.6 is 0 Å². The minimum absolute atomic E-state index is 0.182. The molecule has 45 heavy (non-hydrogen) atoms. The zero-order valence-corrected chi connectivity index (χ0v) is 27.1. The van der Waals surface area contributed by atoms with Crippen LogP contribution in [0.15, 0.2) is 72.8 Å². The molecule has 1 aliphatic heterocycles. The summed E-state index contributed by atoms with van der Waals surface area (Å²) in [6, 6.07) is 21.6. The Hall–Kier alpha value is -4.17. The van der Waals surface area contributed by atoms with Crippen molar-refractivity contribution in [1.29, 1.82) is 0 Å². The normalized spacial score (nSPS) is 13.5. The molecule has 1 heterocycles. The van der Waals surface area contributed by atoms with Crippen LogP contribution in [0.2, 0.25) is 0 Å². The number of carbonyl (C=O) groups is 1. The van der Waals surface area contributed by atoms with Gasteiger partial charge in [-0.25, -0.2) is 5.01 Å². The highest BCUT2D eigenvalue weighted by Gasteiger charge is 2.19. The zero-order chi connectivity index (χ0) is 31.7. The molecule has 3 aromatic carbocycles. The standard InChI is InChI=1S/C37H49N3O5/c1-4-5-6-7-8-9-10-14-27-44-37-34(42-2)28-30(29-35(37)43-3)17-22-36(41)38-40-25-23-39(24-26-40)31-18-20-33(21-19-31)45-32-15-12-11-13-16-32/h11-13,15-22,28-29H,4-10,14,23-27H2,1-3H3,(H,38,41). The molecule has 0 atom stereocenters. The number of para-hydroxylation sites is 1. The fourth-order valence-corrected chi connectivity index (χ4v) is 5.34. The van der Waals surface area contributed by atoms with Crippen molar-refractivity contribution in [3.63, 3.8) is 0 Å². The van der Waals surface area contributed by atoms with Crippen LogP contribution in [0.1, 0.15) is 63.9 Å². The van der Waals surface area contributed by atoms with Crippen LogP contribution in [0, 0.1) is 0 Å². The van der Waals surface area contributed by atoms with Crippen LogP contribution in [0.25, 0.3) is 6.08 Å². The van der Waals surface area contributed by atoms with Gasteiger partial charge in [0.25, 0.3) is 5.91 Å². The number of hydrogen-bond acceptors (Lipinski definition) is 7. The summed E-state index contributed by atoms with van der Waals surface area (Å²) >= 11 is 0. The van der Waals surface area contributed by atoms with Gasteiger partial charge >= 0.3 is 0 Å². The summed E-state index contributed by atoms with van der Waals surface area (Å²) in [6.45, 7) is 5.90. The fraction of sp³-hybridized carbons (Fsp3) is 0.432. The smallest absolute Gasteiger partial charge is 0.258 e. The summed E-state index contributed by atoms with van der Waals surface area (Å²) < 4.78 is 23.2. The Morgan fingerprint density at radius 3 is 2.00 bits per heavy atom. The van der Waals surface area contributed by atoms with E-state index in [2.05, 4.69) is 29.4 Å². The molecule has 1 fully saturated rings. The van der Waals surface area contributed by atoms with E-state index in [9.17, 15) is 4.79 Å². The number of methoxy groups -OCH3 is 2. The van der Waals surface area contributed by atoms with E-state index in [-0.39, 0.29) is 5.91 Å². The van der Waals surface area contributed by atoms with Crippen LogP contribution in [0.3, 0.4) is 0 Å². The number of piperazine rings is 1. The molecule has 0 aromatic heterocycles. The van der Waals surface area contributed by atoms with Crippen LogP contribution in [0.4, 0.5) is 5.69 Å². The maximum Gasteiger partial charge on any atom is 0.258 e. The van der Waals surface area contributed by atoms with Gasteiger partial charge in [0.2, 0.25) is 5.75 Å². The Morgan fingerprint density at radius 1 is 0.778 bits per heavy atom. The van der Waals surface area contributed by atoms with Crippen LogP contribution in [0.5, 0.6) is 28.7 Å². The number of ether oxygens (including phenoxy) is 4. The lowest BCUT2D eigenvalue weighted by atomic mass is 10.1. The summed E-state index contributed by atoms with van der Waals surface area (Å²) in [5.74, 6) is 3.21. The minimum Gasteiger partial charge on any atom is -0.493 e. The number of anilines is 1. The van der Waals surface area contributed by atoms with E-state index in [1.165, 1.54) is 44.6 Å². The number of unbranched alkanes of at least 4 members (excludes halogenated alkanes) is 7. The molecule has 0 spiro atoms. The van der Waals surface area contributed by atoms with Gasteiger partial charge in [0.15, 0.2) is 11.5 Å². The molecule has 4 rings (SSSR count). The molecule has 8 heteroatoms. The number of hydrazine groups is 1. The Morgan fingerprint density at radius 2 is 1.38 bits per heavy atom. The van der Waals surface area contributed by atoms with Crippen molar-refractivity contribution in [3.05, 3.63) is 78.4 Å². The minimum atomic E-state index is -0.182. The molecule has 3 aromatic rings. The van der Waals surface area contributed by atoms with E-state index in [0.717, 1.165) is 48.7 Å². The van der Waals surface area contributed by atoms with Gasteiger partial charge in [-0.3, -0.25) is 10.2 Å². The van der Waals surface area contributed by atoms with E-state index in [1.54, 1.807) is 20.3 Å². The second-order valence-electron chi connectivity index (χ2n) is 11.3.